The summed E-state index contributed by atoms with van der Waals surface area (Å²) in [6, 6.07) is 6.21. The fourth-order valence-electron chi connectivity index (χ4n) is 4.99. The van der Waals surface area contributed by atoms with Crippen molar-refractivity contribution in [2.24, 2.45) is 5.11 Å². The second-order valence-corrected chi connectivity index (χ2v) is 16.6. The number of aromatic nitrogens is 2. The summed E-state index contributed by atoms with van der Waals surface area (Å²) in [6.45, 7) is 1.76. The van der Waals surface area contributed by atoms with Crippen LogP contribution in [0.25, 0.3) is 10.4 Å². The van der Waals surface area contributed by atoms with Crippen molar-refractivity contribution in [2.75, 3.05) is 65.0 Å². The molecule has 2 aromatic rings. The Labute approximate surface area is 351 Å². The maximum Gasteiger partial charge on any atom is 0.490 e. The average Bonchev–Trinajstić information content (AvgIpc) is 3.57. The quantitative estimate of drug-likeness (QED) is 0.0161. The zero-order chi connectivity index (χ0) is 45.9. The van der Waals surface area contributed by atoms with Crippen molar-refractivity contribution in [1.82, 2.24) is 25.5 Å². The van der Waals surface area contributed by atoms with Crippen LogP contribution >= 0.6 is 23.5 Å². The third-order valence-corrected chi connectivity index (χ3v) is 11.3. The number of phosphoric ester groups is 1. The van der Waals surface area contributed by atoms with E-state index in [4.69, 9.17) is 44.7 Å². The van der Waals surface area contributed by atoms with E-state index in [1.807, 2.05) is 0 Å². The second-order valence-electron chi connectivity index (χ2n) is 12.2. The highest BCUT2D eigenvalue weighted by Crippen LogP contribution is 2.66. The summed E-state index contributed by atoms with van der Waals surface area (Å²) in [7, 11) is -16.9. The lowest BCUT2D eigenvalue weighted by Crippen LogP contribution is -2.33. The van der Waals surface area contributed by atoms with Gasteiger partial charge in [-0.05, 0) is 30.7 Å². The van der Waals surface area contributed by atoms with Gasteiger partial charge in [0.2, 0.25) is 11.8 Å². The number of hydrogen-bond donors (Lipinski definition) is 8. The minimum atomic E-state index is -5.76. The fourth-order valence-corrected chi connectivity index (χ4v) is 8.02. The van der Waals surface area contributed by atoms with E-state index < -0.39 is 78.8 Å². The largest absolute Gasteiger partial charge is 0.491 e. The predicted molar refractivity (Wildman–Crippen MR) is 209 cm³/mol. The van der Waals surface area contributed by atoms with E-state index in [1.54, 1.807) is 25.1 Å². The Morgan fingerprint density at radius 2 is 1.85 bits per heavy atom. The first-order valence-electron chi connectivity index (χ1n) is 17.9. The van der Waals surface area contributed by atoms with Crippen LogP contribution in [0.4, 0.5) is 5.82 Å². The van der Waals surface area contributed by atoms with Crippen LogP contribution in [0.2, 0.25) is 0 Å². The molecule has 342 valence electrons. The molecule has 6 atom stereocenters. The Hall–Kier alpha value is -4.77. The molecule has 9 N–H and O–H groups in total. The first-order chi connectivity index (χ1) is 29.2. The number of benzene rings is 1. The summed E-state index contributed by atoms with van der Waals surface area (Å²) in [5, 5.41) is 11.2. The number of carbonyl (C=O) groups excluding carboxylic acids is 3. The van der Waals surface area contributed by atoms with E-state index in [0.717, 1.165) is 4.57 Å². The third kappa shape index (κ3) is 19.1. The maximum absolute atomic E-state index is 12.7. The molecule has 1 aliphatic rings. The Balaban J connectivity index is 1.45. The van der Waals surface area contributed by atoms with E-state index in [2.05, 4.69) is 55.9 Å². The number of phosphoric acid groups is 3. The van der Waals surface area contributed by atoms with Gasteiger partial charge in [-0.2, -0.15) is 13.6 Å². The van der Waals surface area contributed by atoms with Gasteiger partial charge in [0.25, 0.3) is 5.91 Å². The van der Waals surface area contributed by atoms with Crippen molar-refractivity contribution >= 4 is 47.0 Å². The highest BCUT2D eigenvalue weighted by Gasteiger charge is 2.43. The number of hydrogen-bond acceptors (Lipinski definition) is 18. The zero-order valence-corrected chi connectivity index (χ0v) is 35.5. The number of nitrogens with two attached hydrogens (primary N) is 1. The molecule has 0 spiro atoms. The normalized spacial score (nSPS) is 18.5. The van der Waals surface area contributed by atoms with E-state index in [9.17, 15) is 42.7 Å². The minimum absolute atomic E-state index is 0.0437. The average molecular weight is 940 g/mol. The van der Waals surface area contributed by atoms with Crippen LogP contribution < -0.4 is 32.1 Å². The SMILES string of the molecule is CCOC1CC(n2cc(C#CCNC(=O)COCCOC(COc3cccc(C(=O)NCCNC(C)=O)c3)N=[N+]=[N-])c(N)nc2=O)O[C@H]1COP(=O)(O)OP(=O)(O)OP(=O)(O)O. The number of nitrogens with one attached hydrogen (secondary N) is 3. The van der Waals surface area contributed by atoms with Crippen LogP contribution in [-0.2, 0) is 55.4 Å². The summed E-state index contributed by atoms with van der Waals surface area (Å²) < 4.78 is 75.5. The summed E-state index contributed by atoms with van der Waals surface area (Å²) in [4.78, 5) is 91.4. The van der Waals surface area contributed by atoms with Gasteiger partial charge in [-0.1, -0.05) is 23.0 Å². The Kier molecular flexibility index (Phi) is 20.6. The van der Waals surface area contributed by atoms with Crippen molar-refractivity contribution in [1.29, 1.82) is 0 Å². The number of nitrogen functional groups attached to an aromatic ring is 1. The highest BCUT2D eigenvalue weighted by atomic mass is 31.3. The second kappa shape index (κ2) is 24.8. The lowest BCUT2D eigenvalue weighted by Gasteiger charge is -2.21. The molecule has 1 aliphatic heterocycles. The Morgan fingerprint density at radius 1 is 1.11 bits per heavy atom. The molecular formula is C31H44N9O19P3. The number of rotatable bonds is 25. The van der Waals surface area contributed by atoms with Crippen molar-refractivity contribution in [3.05, 3.63) is 62.5 Å². The molecule has 2 heterocycles. The smallest absolute Gasteiger partial charge is 0.490 e. The number of anilines is 1. The molecule has 0 aliphatic carbocycles. The van der Waals surface area contributed by atoms with Crippen molar-refractivity contribution in [3.8, 4) is 17.6 Å². The topological polar surface area (TPSA) is 403 Å². The van der Waals surface area contributed by atoms with E-state index in [0.29, 0.717) is 11.3 Å². The molecular weight excluding hydrogens is 895 g/mol. The van der Waals surface area contributed by atoms with E-state index in [-0.39, 0.29) is 69.8 Å². The van der Waals surface area contributed by atoms with Crippen LogP contribution in [0.5, 0.6) is 5.75 Å². The predicted octanol–water partition coefficient (Wildman–Crippen LogP) is -0.0564. The lowest BCUT2D eigenvalue weighted by molar-refractivity contribution is -0.126. The molecule has 5 unspecified atom stereocenters. The van der Waals surface area contributed by atoms with Gasteiger partial charge in [0, 0.05) is 49.7 Å². The summed E-state index contributed by atoms with van der Waals surface area (Å²) in [6.07, 6.45) is -3.11. The van der Waals surface area contributed by atoms with Crippen LogP contribution in [0.1, 0.15) is 42.4 Å². The van der Waals surface area contributed by atoms with Crippen LogP contribution in [0, 0.1) is 11.8 Å². The number of carbonyl (C=O) groups is 3. The minimum Gasteiger partial charge on any atom is -0.491 e. The molecule has 1 fully saturated rings. The van der Waals surface area contributed by atoms with Gasteiger partial charge in [-0.25, -0.2) is 18.5 Å². The van der Waals surface area contributed by atoms with E-state index in [1.165, 1.54) is 19.2 Å². The van der Waals surface area contributed by atoms with Gasteiger partial charge in [0.1, 0.15) is 37.1 Å². The van der Waals surface area contributed by atoms with Crippen LogP contribution in [0.3, 0.4) is 0 Å². The molecule has 62 heavy (non-hydrogen) atoms. The number of nitrogens with zero attached hydrogens (tertiary/aromatic N) is 5. The summed E-state index contributed by atoms with van der Waals surface area (Å²) in [5.41, 5.74) is 14.3. The highest BCUT2D eigenvalue weighted by molar-refractivity contribution is 7.66. The van der Waals surface area contributed by atoms with E-state index >= 15 is 0 Å². The number of azide groups is 1. The first kappa shape index (κ1) is 51.6. The van der Waals surface area contributed by atoms with Gasteiger partial charge >= 0.3 is 29.2 Å². The standard InChI is InChI=1S/C31H44N9O19P3/c1-3-53-24-15-28(57-25(24)17-56-61(48,49)59-62(50,51)58-60(45,46)47)40-16-22(29(32)37-31(40)44)7-5-9-35-26(42)18-52-12-13-54-27(38-39-33)19-55-23-8-4-6-21(14-23)30(43)36-11-10-34-20(2)41/h4,6,8,14,16,24-25,27-28H,3,9-13,15,17-19H2,1-2H3,(H,34,41)(H,35,42)(H,36,43)(H,48,49)(H,50,51)(H2,32,37,44)(H2,45,46,47)/t24?,25-,27?,28?/m0/s1. The molecule has 1 aromatic heterocycles. The van der Waals surface area contributed by atoms with Crippen LogP contribution in [-0.4, -0.2) is 125 Å². The van der Waals surface area contributed by atoms with Gasteiger partial charge < -0.3 is 64.9 Å². The molecule has 31 heteroatoms. The summed E-state index contributed by atoms with van der Waals surface area (Å²) >= 11 is 0. The number of amides is 3. The van der Waals surface area contributed by atoms with Crippen LogP contribution in [0.15, 0.2) is 40.4 Å². The van der Waals surface area contributed by atoms with Gasteiger partial charge in [-0.15, -0.1) is 0 Å². The third-order valence-electron chi connectivity index (χ3n) is 7.49. The zero-order valence-electron chi connectivity index (χ0n) is 32.8. The van der Waals surface area contributed by atoms with Gasteiger partial charge in [0.05, 0.1) is 38.0 Å². The summed E-state index contributed by atoms with van der Waals surface area (Å²) in [5.74, 6) is 4.17. The first-order valence-corrected chi connectivity index (χ1v) is 22.4. The molecule has 0 saturated carbocycles. The Morgan fingerprint density at radius 3 is 2.55 bits per heavy atom. The molecule has 3 rings (SSSR count). The fraction of sp³-hybridized carbons (Fsp3) is 0.516. The van der Waals surface area contributed by atoms with Crippen molar-refractivity contribution in [3.63, 3.8) is 0 Å². The molecule has 28 nitrogen and oxygen atoms in total. The molecule has 3 amide bonds. The lowest BCUT2D eigenvalue weighted by atomic mass is 10.2. The maximum atomic E-state index is 12.7. The molecule has 1 saturated heterocycles. The Bertz CT molecular complexity index is 2190. The molecule has 1 aromatic carbocycles. The molecule has 0 bridgehead atoms. The molecule has 0 radical (unpaired) electrons. The number of ether oxygens (including phenoxy) is 5. The van der Waals surface area contributed by atoms with Crippen molar-refractivity contribution in [2.45, 2.75) is 44.9 Å². The van der Waals surface area contributed by atoms with Crippen molar-refractivity contribution < 1.29 is 84.5 Å². The van der Waals surface area contributed by atoms with Gasteiger partial charge in [0.15, 0.2) is 6.23 Å². The van der Waals surface area contributed by atoms with Gasteiger partial charge in [-0.3, -0.25) is 23.5 Å². The monoisotopic (exact) mass is 939 g/mol.